The van der Waals surface area contributed by atoms with Gasteiger partial charge in [-0.1, -0.05) is 0 Å². The van der Waals surface area contributed by atoms with Crippen LogP contribution in [0.25, 0.3) is 0 Å². The van der Waals surface area contributed by atoms with Gasteiger partial charge in [-0.3, -0.25) is 14.6 Å². The molecule has 0 radical (unpaired) electrons. The summed E-state index contributed by atoms with van der Waals surface area (Å²) in [5.74, 6) is 0. The number of hydrogen-bond donors (Lipinski definition) is 0. The van der Waals surface area contributed by atoms with E-state index in [2.05, 4.69) is 4.98 Å². The smallest absolute Gasteiger partial charge is 0.271 e. The molecular weight excluding hydrogens is 236 g/mol. The van der Waals surface area contributed by atoms with Crippen molar-refractivity contribution in [3.05, 3.63) is 29.6 Å². The molecule has 0 unspecified atom stereocenters. The average molecular weight is 240 g/mol. The molecule has 0 saturated heterocycles. The number of carbonyl (C=O) groups excluding carboxylic acids is 2. The molecule has 0 aromatic carbocycles. The van der Waals surface area contributed by atoms with E-state index in [-0.39, 0.29) is 23.7 Å². The van der Waals surface area contributed by atoms with Gasteiger partial charge >= 0.3 is 0 Å². The minimum Gasteiger partial charge on any atom is -0.276 e. The zero-order valence-corrected chi connectivity index (χ0v) is 8.49. The minimum absolute atomic E-state index is 0. The normalized spacial score (nSPS) is 8.77. The maximum atomic E-state index is 10.7. The van der Waals surface area contributed by atoms with Gasteiger partial charge in [0, 0.05) is 6.20 Å². The van der Waals surface area contributed by atoms with Crippen LogP contribution < -0.4 is 0 Å². The molecule has 0 bridgehead atoms. The fourth-order valence-electron chi connectivity index (χ4n) is 0.721. The highest BCUT2D eigenvalue weighted by molar-refractivity contribution is 6.71. The van der Waals surface area contributed by atoms with Gasteiger partial charge < -0.3 is 0 Å². The van der Waals surface area contributed by atoms with Crippen molar-refractivity contribution in [3.63, 3.8) is 0 Å². The number of carbonyl (C=O) groups is 2. The maximum absolute atomic E-state index is 10.7. The van der Waals surface area contributed by atoms with Crippen molar-refractivity contribution in [2.75, 3.05) is 0 Å². The zero-order valence-electron chi connectivity index (χ0n) is 6.16. The van der Waals surface area contributed by atoms with Gasteiger partial charge in [0.2, 0.25) is 0 Å². The molecule has 0 aliphatic carbocycles. The van der Waals surface area contributed by atoms with Gasteiger partial charge in [-0.05, 0) is 35.3 Å². The number of nitrogens with zero attached hydrogens (tertiary/aromatic N) is 1. The van der Waals surface area contributed by atoms with E-state index >= 15 is 0 Å². The van der Waals surface area contributed by atoms with Crippen LogP contribution in [0.15, 0.2) is 18.3 Å². The molecule has 0 saturated carbocycles. The standard InChI is InChI=1S/C7H3Cl2NO2.ClH/c8-6(11)4-2-1-3-10-5(4)7(9)12;/h1-3H;1H. The summed E-state index contributed by atoms with van der Waals surface area (Å²) < 4.78 is 0. The van der Waals surface area contributed by atoms with E-state index in [1.807, 2.05) is 0 Å². The molecule has 0 spiro atoms. The molecule has 1 heterocycles. The monoisotopic (exact) mass is 239 g/mol. The first-order valence-electron chi connectivity index (χ1n) is 2.97. The highest BCUT2D eigenvalue weighted by Gasteiger charge is 2.14. The second-order valence-electron chi connectivity index (χ2n) is 1.95. The van der Waals surface area contributed by atoms with E-state index in [1.54, 1.807) is 0 Å². The van der Waals surface area contributed by atoms with Crippen LogP contribution in [-0.2, 0) is 0 Å². The van der Waals surface area contributed by atoms with Crippen LogP contribution in [0.4, 0.5) is 0 Å². The molecule has 1 rings (SSSR count). The van der Waals surface area contributed by atoms with Gasteiger partial charge in [0.05, 0.1) is 5.56 Å². The average Bonchev–Trinajstić information content (AvgIpc) is 2.04. The Morgan fingerprint density at radius 3 is 2.23 bits per heavy atom. The van der Waals surface area contributed by atoms with Gasteiger partial charge in [0.25, 0.3) is 10.5 Å². The van der Waals surface area contributed by atoms with E-state index in [9.17, 15) is 9.59 Å². The third-order valence-corrected chi connectivity index (χ3v) is 1.59. The molecule has 0 aliphatic rings. The second-order valence-corrected chi connectivity index (χ2v) is 2.63. The fraction of sp³-hybridized carbons (Fsp3) is 0. The lowest BCUT2D eigenvalue weighted by atomic mass is 10.2. The van der Waals surface area contributed by atoms with Gasteiger partial charge in [0.1, 0.15) is 5.69 Å². The molecule has 1 aromatic rings. The SMILES string of the molecule is Cl.O=C(Cl)c1cccnc1C(=O)Cl. The summed E-state index contributed by atoms with van der Waals surface area (Å²) in [6.45, 7) is 0. The number of hydrogen-bond acceptors (Lipinski definition) is 3. The number of pyridine rings is 1. The van der Waals surface area contributed by atoms with Crippen molar-refractivity contribution in [2.45, 2.75) is 0 Å². The van der Waals surface area contributed by atoms with Crippen molar-refractivity contribution in [1.29, 1.82) is 0 Å². The van der Waals surface area contributed by atoms with Gasteiger partial charge in [-0.15, -0.1) is 12.4 Å². The molecule has 70 valence electrons. The summed E-state index contributed by atoms with van der Waals surface area (Å²) in [5.41, 5.74) is -0.0849. The molecule has 3 nitrogen and oxygen atoms in total. The van der Waals surface area contributed by atoms with Crippen LogP contribution in [0.2, 0.25) is 0 Å². The van der Waals surface area contributed by atoms with E-state index in [1.165, 1.54) is 18.3 Å². The van der Waals surface area contributed by atoms with E-state index in [0.717, 1.165) is 0 Å². The van der Waals surface area contributed by atoms with Crippen molar-refractivity contribution in [3.8, 4) is 0 Å². The van der Waals surface area contributed by atoms with Crippen molar-refractivity contribution >= 4 is 46.1 Å². The largest absolute Gasteiger partial charge is 0.276 e. The first-order chi connectivity index (χ1) is 5.63. The van der Waals surface area contributed by atoms with Crippen LogP contribution in [0.3, 0.4) is 0 Å². The summed E-state index contributed by atoms with van der Waals surface area (Å²) in [5, 5.41) is -1.54. The Bertz CT molecular complexity index is 307. The Balaban J connectivity index is 0.00000144. The summed E-state index contributed by atoms with van der Waals surface area (Å²) in [4.78, 5) is 25.0. The molecule has 0 atom stereocenters. The van der Waals surface area contributed by atoms with Crippen LogP contribution in [0.5, 0.6) is 0 Å². The lowest BCUT2D eigenvalue weighted by Crippen LogP contribution is -2.02. The number of halogens is 3. The highest BCUT2D eigenvalue weighted by Crippen LogP contribution is 2.10. The van der Waals surface area contributed by atoms with E-state index in [0.29, 0.717) is 0 Å². The van der Waals surface area contributed by atoms with Gasteiger partial charge in [0.15, 0.2) is 0 Å². The lowest BCUT2D eigenvalue weighted by Gasteiger charge is -1.97. The molecule has 13 heavy (non-hydrogen) atoms. The summed E-state index contributed by atoms with van der Waals surface area (Å²) in [6.07, 6.45) is 1.36. The second kappa shape index (κ2) is 5.17. The lowest BCUT2D eigenvalue weighted by molar-refractivity contribution is 0.104. The van der Waals surface area contributed by atoms with Crippen molar-refractivity contribution < 1.29 is 9.59 Å². The summed E-state index contributed by atoms with van der Waals surface area (Å²) in [6, 6.07) is 2.89. The third kappa shape index (κ3) is 2.95. The molecule has 0 aliphatic heterocycles. The minimum atomic E-state index is -0.792. The van der Waals surface area contributed by atoms with Gasteiger partial charge in [-0.2, -0.15) is 0 Å². The highest BCUT2D eigenvalue weighted by atomic mass is 35.5. The molecule has 0 N–H and O–H groups in total. The predicted octanol–water partition coefficient (Wildman–Crippen LogP) is 2.26. The first kappa shape index (κ1) is 12.4. The Hall–Kier alpha value is -0.640. The van der Waals surface area contributed by atoms with Gasteiger partial charge in [-0.25, -0.2) is 0 Å². The zero-order chi connectivity index (χ0) is 9.14. The topological polar surface area (TPSA) is 47.0 Å². The van der Waals surface area contributed by atoms with Crippen LogP contribution in [0, 0.1) is 0 Å². The quantitative estimate of drug-likeness (QED) is 0.745. The van der Waals surface area contributed by atoms with Crippen molar-refractivity contribution in [2.24, 2.45) is 0 Å². The summed E-state index contributed by atoms with van der Waals surface area (Å²) in [7, 11) is 0. The van der Waals surface area contributed by atoms with Crippen LogP contribution in [-0.4, -0.2) is 15.5 Å². The molecular formula is C7H4Cl3NO2. The van der Waals surface area contributed by atoms with E-state index in [4.69, 9.17) is 23.2 Å². The number of rotatable bonds is 2. The Kier molecular flexibility index (Phi) is 4.91. The third-order valence-electron chi connectivity index (χ3n) is 1.21. The molecule has 0 amide bonds. The Morgan fingerprint density at radius 2 is 1.85 bits per heavy atom. The Morgan fingerprint density at radius 1 is 1.23 bits per heavy atom. The first-order valence-corrected chi connectivity index (χ1v) is 3.73. The predicted molar refractivity (Wildman–Crippen MR) is 51.9 cm³/mol. The van der Waals surface area contributed by atoms with E-state index < -0.39 is 10.5 Å². The van der Waals surface area contributed by atoms with Crippen LogP contribution in [0.1, 0.15) is 20.8 Å². The fourth-order valence-corrected chi connectivity index (χ4v) is 1.02. The van der Waals surface area contributed by atoms with Crippen molar-refractivity contribution in [1.82, 2.24) is 4.98 Å². The Labute approximate surface area is 90.5 Å². The van der Waals surface area contributed by atoms with Crippen LogP contribution >= 0.6 is 35.6 Å². The molecule has 1 aromatic heterocycles. The number of aromatic nitrogens is 1. The molecule has 0 fully saturated rings. The maximum Gasteiger partial charge on any atom is 0.271 e. The molecule has 6 heteroatoms. The summed E-state index contributed by atoms with van der Waals surface area (Å²) >= 11 is 10.3.